The molecule has 0 aliphatic carbocycles. The molecule has 3 aromatic heterocycles. The maximum atomic E-state index is 12.6. The van der Waals surface area contributed by atoms with Crippen molar-refractivity contribution in [1.29, 1.82) is 0 Å². The predicted octanol–water partition coefficient (Wildman–Crippen LogP) is 2.24. The second-order valence-corrected chi connectivity index (χ2v) is 8.10. The van der Waals surface area contributed by atoms with Gasteiger partial charge in [0.05, 0.1) is 23.0 Å². The molecule has 0 bridgehead atoms. The Morgan fingerprint density at radius 2 is 2.03 bits per heavy atom. The van der Waals surface area contributed by atoms with Crippen LogP contribution in [0.2, 0.25) is 0 Å². The fraction of sp³-hybridized carbons (Fsp3) is 0.474. The van der Waals surface area contributed by atoms with Crippen molar-refractivity contribution < 1.29 is 0 Å². The van der Waals surface area contributed by atoms with E-state index >= 15 is 0 Å². The molecule has 1 aliphatic rings. The number of halogens is 2. The van der Waals surface area contributed by atoms with Crippen LogP contribution in [0.4, 0.5) is 0 Å². The first-order chi connectivity index (χ1) is 13.5. The van der Waals surface area contributed by atoms with E-state index in [1.54, 1.807) is 7.05 Å². The summed E-state index contributed by atoms with van der Waals surface area (Å²) in [4.78, 5) is 24.4. The van der Waals surface area contributed by atoms with E-state index in [0.717, 1.165) is 54.0 Å². The molecule has 0 aromatic carbocycles. The van der Waals surface area contributed by atoms with Crippen molar-refractivity contribution in [2.45, 2.75) is 26.4 Å². The molecular formula is C19H27Cl2N7OS. The van der Waals surface area contributed by atoms with Crippen LogP contribution in [-0.2, 0) is 20.6 Å². The zero-order chi connectivity index (χ0) is 19.8. The van der Waals surface area contributed by atoms with E-state index in [2.05, 4.69) is 30.2 Å². The lowest BCUT2D eigenvalue weighted by Gasteiger charge is -2.35. The molecule has 0 radical (unpaired) electrons. The molecule has 1 aliphatic heterocycles. The van der Waals surface area contributed by atoms with Crippen LogP contribution in [0.1, 0.15) is 28.8 Å². The Morgan fingerprint density at radius 3 is 2.73 bits per heavy atom. The number of hydrogen-bond donors (Lipinski definition) is 1. The van der Waals surface area contributed by atoms with E-state index in [9.17, 15) is 4.79 Å². The zero-order valence-corrected chi connectivity index (χ0v) is 19.9. The predicted molar refractivity (Wildman–Crippen MR) is 124 cm³/mol. The first-order valence-electron chi connectivity index (χ1n) is 9.37. The molecule has 0 saturated carbocycles. The van der Waals surface area contributed by atoms with Crippen LogP contribution < -0.4 is 10.9 Å². The van der Waals surface area contributed by atoms with E-state index in [-0.39, 0.29) is 36.4 Å². The van der Waals surface area contributed by atoms with E-state index in [4.69, 9.17) is 4.98 Å². The number of imidazole rings is 1. The molecule has 1 atom stereocenters. The van der Waals surface area contributed by atoms with Gasteiger partial charge in [-0.15, -0.1) is 36.2 Å². The highest BCUT2D eigenvalue weighted by Gasteiger charge is 2.27. The van der Waals surface area contributed by atoms with Crippen molar-refractivity contribution in [3.63, 3.8) is 0 Å². The van der Waals surface area contributed by atoms with E-state index < -0.39 is 0 Å². The van der Waals surface area contributed by atoms with Crippen molar-refractivity contribution in [2.75, 3.05) is 19.6 Å². The Morgan fingerprint density at radius 1 is 1.27 bits per heavy atom. The van der Waals surface area contributed by atoms with Gasteiger partial charge in [0.15, 0.2) is 0 Å². The molecular weight excluding hydrogens is 445 g/mol. The number of nitrogens with one attached hydrogen (secondary N) is 1. The number of aromatic nitrogens is 5. The topological polar surface area (TPSA) is 80.9 Å². The molecule has 3 aromatic rings. The van der Waals surface area contributed by atoms with Crippen LogP contribution in [0.15, 0.2) is 22.6 Å². The molecule has 1 unspecified atom stereocenters. The Bertz CT molecular complexity index is 1060. The SMILES string of the molecule is Cc1nn(C)c(=O)c(-c2nc(CN3CCNCC3c3nccn3C)cs2)c1C.Cl.Cl. The van der Waals surface area contributed by atoms with Crippen LogP contribution in [0.5, 0.6) is 0 Å². The molecule has 4 rings (SSSR count). The Balaban J connectivity index is 0.00000160. The zero-order valence-electron chi connectivity index (χ0n) is 17.5. The molecule has 1 fully saturated rings. The van der Waals surface area contributed by atoms with E-state index in [0.29, 0.717) is 5.56 Å². The standard InChI is InChI=1S/C19H25N7OS.2ClH/c1-12-13(2)23-25(4)19(27)16(12)18-22-14(11-28-18)10-26-8-5-20-9-15(26)17-21-6-7-24(17)3;;/h6-7,11,15,20H,5,8-10H2,1-4H3;2*1H. The quantitative estimate of drug-likeness (QED) is 0.628. The lowest BCUT2D eigenvalue weighted by molar-refractivity contribution is 0.143. The minimum Gasteiger partial charge on any atom is -0.337 e. The number of thiazole rings is 1. The van der Waals surface area contributed by atoms with Gasteiger partial charge < -0.3 is 9.88 Å². The van der Waals surface area contributed by atoms with Crippen molar-refractivity contribution >= 4 is 36.2 Å². The van der Waals surface area contributed by atoms with Crippen molar-refractivity contribution in [3.05, 3.63) is 50.9 Å². The van der Waals surface area contributed by atoms with Crippen LogP contribution in [-0.4, -0.2) is 48.8 Å². The van der Waals surface area contributed by atoms with Crippen LogP contribution >= 0.6 is 36.2 Å². The Labute approximate surface area is 192 Å². The summed E-state index contributed by atoms with van der Waals surface area (Å²) in [6.45, 7) is 7.34. The summed E-state index contributed by atoms with van der Waals surface area (Å²) in [6, 6.07) is 0.205. The van der Waals surface area contributed by atoms with E-state index in [1.807, 2.05) is 33.3 Å². The van der Waals surface area contributed by atoms with Gasteiger partial charge in [0, 0.05) is 58.0 Å². The lowest BCUT2D eigenvalue weighted by Crippen LogP contribution is -2.46. The first kappa shape index (κ1) is 24.5. The fourth-order valence-electron chi connectivity index (χ4n) is 3.69. The van der Waals surface area contributed by atoms with Crippen LogP contribution in [0.25, 0.3) is 10.6 Å². The van der Waals surface area contributed by atoms with Gasteiger partial charge in [-0.2, -0.15) is 5.10 Å². The van der Waals surface area contributed by atoms with Gasteiger partial charge in [0.1, 0.15) is 10.8 Å². The highest BCUT2D eigenvalue weighted by molar-refractivity contribution is 7.13. The largest absolute Gasteiger partial charge is 0.337 e. The number of aryl methyl sites for hydroxylation is 3. The van der Waals surface area contributed by atoms with Crippen LogP contribution in [0.3, 0.4) is 0 Å². The van der Waals surface area contributed by atoms with Crippen molar-refractivity contribution in [2.24, 2.45) is 14.1 Å². The summed E-state index contributed by atoms with van der Waals surface area (Å²) in [5, 5.41) is 10.5. The molecule has 30 heavy (non-hydrogen) atoms. The highest BCUT2D eigenvalue weighted by atomic mass is 35.5. The summed E-state index contributed by atoms with van der Waals surface area (Å²) < 4.78 is 3.47. The summed E-state index contributed by atoms with van der Waals surface area (Å²) in [5.74, 6) is 1.05. The molecule has 164 valence electrons. The van der Waals surface area contributed by atoms with Gasteiger partial charge in [-0.05, 0) is 19.4 Å². The van der Waals surface area contributed by atoms with E-state index in [1.165, 1.54) is 16.0 Å². The minimum atomic E-state index is -0.0999. The van der Waals surface area contributed by atoms with Gasteiger partial charge in [0.25, 0.3) is 5.56 Å². The molecule has 4 heterocycles. The Hall–Kier alpha value is -1.78. The average Bonchev–Trinajstić information content (AvgIpc) is 3.30. The maximum absolute atomic E-state index is 12.6. The third-order valence-electron chi connectivity index (χ3n) is 5.37. The lowest BCUT2D eigenvalue weighted by atomic mass is 10.1. The number of hydrogen-bond acceptors (Lipinski definition) is 7. The molecule has 0 amide bonds. The monoisotopic (exact) mass is 471 g/mol. The maximum Gasteiger partial charge on any atom is 0.277 e. The van der Waals surface area contributed by atoms with Crippen molar-refractivity contribution in [1.82, 2.24) is 34.5 Å². The third-order valence-corrected chi connectivity index (χ3v) is 6.28. The van der Waals surface area contributed by atoms with Gasteiger partial charge in [-0.1, -0.05) is 0 Å². The summed E-state index contributed by atoms with van der Waals surface area (Å²) in [6.07, 6.45) is 3.82. The Kier molecular flexibility index (Phi) is 8.18. The molecule has 11 heteroatoms. The summed E-state index contributed by atoms with van der Waals surface area (Å²) >= 11 is 1.52. The van der Waals surface area contributed by atoms with Gasteiger partial charge >= 0.3 is 0 Å². The molecule has 8 nitrogen and oxygen atoms in total. The summed E-state index contributed by atoms with van der Waals surface area (Å²) in [5.41, 5.74) is 3.30. The van der Waals surface area contributed by atoms with Gasteiger partial charge in [-0.3, -0.25) is 9.69 Å². The number of piperazine rings is 1. The highest BCUT2D eigenvalue weighted by Crippen LogP contribution is 2.27. The second kappa shape index (κ2) is 10.0. The van der Waals surface area contributed by atoms with Crippen molar-refractivity contribution in [3.8, 4) is 10.6 Å². The average molecular weight is 472 g/mol. The third kappa shape index (κ3) is 4.60. The first-order valence-corrected chi connectivity index (χ1v) is 10.2. The van der Waals surface area contributed by atoms with Gasteiger partial charge in [-0.25, -0.2) is 14.6 Å². The molecule has 1 saturated heterocycles. The number of nitrogens with zero attached hydrogens (tertiary/aromatic N) is 6. The van der Waals surface area contributed by atoms with Gasteiger partial charge in [0.2, 0.25) is 0 Å². The van der Waals surface area contributed by atoms with Crippen LogP contribution in [0, 0.1) is 13.8 Å². The summed E-state index contributed by atoms with van der Waals surface area (Å²) in [7, 11) is 3.71. The molecule has 0 spiro atoms. The normalized spacial score (nSPS) is 16.7. The number of rotatable bonds is 4. The fourth-order valence-corrected chi connectivity index (χ4v) is 4.59. The smallest absolute Gasteiger partial charge is 0.277 e. The minimum absolute atomic E-state index is 0. The molecule has 1 N–H and O–H groups in total. The second-order valence-electron chi connectivity index (χ2n) is 7.24.